The molecule has 0 aromatic rings. The summed E-state index contributed by atoms with van der Waals surface area (Å²) in [6.45, 7) is 5.50. The first-order valence-electron chi connectivity index (χ1n) is 4.64. The van der Waals surface area contributed by atoms with Crippen LogP contribution in [0.15, 0.2) is 12.7 Å². The molecular weight excluding hydrogens is 218 g/mol. The summed E-state index contributed by atoms with van der Waals surface area (Å²) in [7, 11) is -1.88. The summed E-state index contributed by atoms with van der Waals surface area (Å²) in [5.41, 5.74) is 0. The average Bonchev–Trinajstić information content (AvgIpc) is 2.14. The lowest BCUT2D eigenvalue weighted by molar-refractivity contribution is -0.143. The van der Waals surface area contributed by atoms with Gasteiger partial charge >= 0.3 is 5.97 Å². The topological polar surface area (TPSA) is 63.7 Å². The van der Waals surface area contributed by atoms with Crippen molar-refractivity contribution in [3.05, 3.63) is 12.7 Å². The maximum absolute atomic E-state index is 11.4. The van der Waals surface area contributed by atoms with Crippen molar-refractivity contribution in [2.24, 2.45) is 0 Å². The Bertz CT molecular complexity index is 310. The van der Waals surface area contributed by atoms with Gasteiger partial charge in [0, 0.05) is 13.6 Å². The molecule has 0 amide bonds. The fourth-order valence-electron chi connectivity index (χ4n) is 0.897. The second-order valence-corrected chi connectivity index (χ2v) is 5.06. The van der Waals surface area contributed by atoms with Gasteiger partial charge < -0.3 is 4.74 Å². The molecule has 0 N–H and O–H groups in total. The highest BCUT2D eigenvalue weighted by Crippen LogP contribution is 2.00. The van der Waals surface area contributed by atoms with Crippen LogP contribution in [-0.2, 0) is 19.6 Å². The van der Waals surface area contributed by atoms with Crippen LogP contribution in [0.2, 0.25) is 0 Å². The average molecular weight is 235 g/mol. The summed E-state index contributed by atoms with van der Waals surface area (Å²) < 4.78 is 28.6. The van der Waals surface area contributed by atoms with E-state index in [1.807, 2.05) is 0 Å². The SMILES string of the molecule is C=CCS(=O)(=O)N(C)CCC(=O)OCC. The highest BCUT2D eigenvalue weighted by molar-refractivity contribution is 7.89. The minimum atomic E-state index is -3.31. The van der Waals surface area contributed by atoms with Gasteiger partial charge in [-0.3, -0.25) is 4.79 Å². The normalized spacial score (nSPS) is 11.4. The number of hydrogen-bond donors (Lipinski definition) is 0. The fourth-order valence-corrected chi connectivity index (χ4v) is 1.82. The van der Waals surface area contributed by atoms with E-state index in [1.54, 1.807) is 6.92 Å². The number of rotatable bonds is 7. The largest absolute Gasteiger partial charge is 0.466 e. The second kappa shape index (κ2) is 6.58. The molecular formula is C9H17NO4S. The zero-order valence-electron chi connectivity index (χ0n) is 9.10. The number of hydrogen-bond acceptors (Lipinski definition) is 4. The summed E-state index contributed by atoms with van der Waals surface area (Å²) in [5, 5.41) is 0. The van der Waals surface area contributed by atoms with Crippen molar-refractivity contribution in [2.45, 2.75) is 13.3 Å². The van der Waals surface area contributed by atoms with Gasteiger partial charge in [0.05, 0.1) is 18.8 Å². The first-order chi connectivity index (χ1) is 6.94. The molecule has 0 aromatic carbocycles. The van der Waals surface area contributed by atoms with Crippen LogP contribution in [0.1, 0.15) is 13.3 Å². The first-order valence-corrected chi connectivity index (χ1v) is 6.25. The van der Waals surface area contributed by atoms with Crippen LogP contribution in [-0.4, -0.2) is 44.6 Å². The fraction of sp³-hybridized carbons (Fsp3) is 0.667. The summed E-state index contributed by atoms with van der Waals surface area (Å²) >= 11 is 0. The number of carbonyl (C=O) groups is 1. The van der Waals surface area contributed by atoms with Crippen molar-refractivity contribution in [3.63, 3.8) is 0 Å². The molecule has 0 aliphatic carbocycles. The Hall–Kier alpha value is -0.880. The quantitative estimate of drug-likeness (QED) is 0.473. The van der Waals surface area contributed by atoms with E-state index in [1.165, 1.54) is 13.1 Å². The lowest BCUT2D eigenvalue weighted by Gasteiger charge is -2.15. The number of sulfonamides is 1. The molecule has 6 heteroatoms. The third-order valence-corrected chi connectivity index (χ3v) is 3.53. The van der Waals surface area contributed by atoms with E-state index in [9.17, 15) is 13.2 Å². The van der Waals surface area contributed by atoms with Crippen LogP contribution < -0.4 is 0 Å². The standard InChI is InChI=1S/C9H17NO4S/c1-4-8-15(12,13)10(3)7-6-9(11)14-5-2/h4H,1,5-8H2,2-3H3. The minimum absolute atomic E-state index is 0.0702. The molecule has 0 bridgehead atoms. The Morgan fingerprint density at radius 2 is 2.13 bits per heavy atom. The van der Waals surface area contributed by atoms with Crippen LogP contribution >= 0.6 is 0 Å². The van der Waals surface area contributed by atoms with Gasteiger partial charge in [-0.15, -0.1) is 6.58 Å². The van der Waals surface area contributed by atoms with Gasteiger partial charge in [0.1, 0.15) is 0 Å². The molecule has 0 unspecified atom stereocenters. The second-order valence-electron chi connectivity index (χ2n) is 2.94. The van der Waals surface area contributed by atoms with Gasteiger partial charge in [-0.2, -0.15) is 0 Å². The third-order valence-electron chi connectivity index (χ3n) is 1.74. The van der Waals surface area contributed by atoms with Gasteiger partial charge in [0.2, 0.25) is 10.0 Å². The summed E-state index contributed by atoms with van der Waals surface area (Å²) in [5.74, 6) is -0.509. The van der Waals surface area contributed by atoms with Crippen molar-refractivity contribution in [1.82, 2.24) is 4.31 Å². The van der Waals surface area contributed by atoms with E-state index in [-0.39, 0.29) is 18.7 Å². The molecule has 0 aliphatic rings. The summed E-state index contributed by atoms with van der Waals surface area (Å²) in [6, 6.07) is 0. The number of carbonyl (C=O) groups excluding carboxylic acids is 1. The van der Waals surface area contributed by atoms with E-state index in [0.717, 1.165) is 4.31 Å². The zero-order valence-corrected chi connectivity index (χ0v) is 9.92. The molecule has 0 saturated heterocycles. The zero-order chi connectivity index (χ0) is 11.9. The molecule has 88 valence electrons. The summed E-state index contributed by atoms with van der Waals surface area (Å²) in [4.78, 5) is 11.0. The molecule has 0 heterocycles. The van der Waals surface area contributed by atoms with E-state index in [0.29, 0.717) is 6.61 Å². The monoisotopic (exact) mass is 235 g/mol. The predicted molar refractivity (Wildman–Crippen MR) is 57.9 cm³/mol. The Morgan fingerprint density at radius 3 is 2.60 bits per heavy atom. The van der Waals surface area contributed by atoms with Crippen molar-refractivity contribution in [1.29, 1.82) is 0 Å². The Morgan fingerprint density at radius 1 is 1.53 bits per heavy atom. The lowest BCUT2D eigenvalue weighted by Crippen LogP contribution is -2.31. The highest BCUT2D eigenvalue weighted by Gasteiger charge is 2.16. The van der Waals surface area contributed by atoms with Gasteiger partial charge in [-0.1, -0.05) is 6.08 Å². The molecule has 0 radical (unpaired) electrons. The molecule has 0 saturated carbocycles. The Kier molecular flexibility index (Phi) is 6.19. The third kappa shape index (κ3) is 5.54. The Balaban J connectivity index is 4.08. The minimum Gasteiger partial charge on any atom is -0.466 e. The van der Waals surface area contributed by atoms with Gasteiger partial charge in [0.15, 0.2) is 0 Å². The number of esters is 1. The van der Waals surface area contributed by atoms with E-state index >= 15 is 0 Å². The van der Waals surface area contributed by atoms with Crippen LogP contribution in [0.5, 0.6) is 0 Å². The van der Waals surface area contributed by atoms with E-state index < -0.39 is 16.0 Å². The van der Waals surface area contributed by atoms with Crippen molar-refractivity contribution >= 4 is 16.0 Å². The summed E-state index contributed by atoms with van der Waals surface area (Å²) in [6.07, 6.45) is 1.39. The van der Waals surface area contributed by atoms with Crippen molar-refractivity contribution < 1.29 is 17.9 Å². The molecule has 0 fully saturated rings. The lowest BCUT2D eigenvalue weighted by atomic mass is 10.4. The highest BCUT2D eigenvalue weighted by atomic mass is 32.2. The molecule has 5 nitrogen and oxygen atoms in total. The van der Waals surface area contributed by atoms with Gasteiger partial charge in [0.25, 0.3) is 0 Å². The molecule has 0 aliphatic heterocycles. The molecule has 0 spiro atoms. The van der Waals surface area contributed by atoms with Gasteiger partial charge in [-0.25, -0.2) is 12.7 Å². The Labute approximate surface area is 90.8 Å². The van der Waals surface area contributed by atoms with Crippen molar-refractivity contribution in [2.75, 3.05) is 26.0 Å². The van der Waals surface area contributed by atoms with Crippen LogP contribution in [0, 0.1) is 0 Å². The van der Waals surface area contributed by atoms with E-state index in [2.05, 4.69) is 11.3 Å². The number of nitrogens with zero attached hydrogens (tertiary/aromatic N) is 1. The molecule has 0 atom stereocenters. The molecule has 0 aromatic heterocycles. The maximum atomic E-state index is 11.4. The van der Waals surface area contributed by atoms with Crippen molar-refractivity contribution in [3.8, 4) is 0 Å². The van der Waals surface area contributed by atoms with Crippen LogP contribution in [0.3, 0.4) is 0 Å². The molecule has 0 rings (SSSR count). The smallest absolute Gasteiger partial charge is 0.307 e. The molecule has 15 heavy (non-hydrogen) atoms. The van der Waals surface area contributed by atoms with Gasteiger partial charge in [-0.05, 0) is 6.92 Å². The number of ether oxygens (including phenoxy) is 1. The first kappa shape index (κ1) is 14.1. The van der Waals surface area contributed by atoms with E-state index in [4.69, 9.17) is 0 Å². The maximum Gasteiger partial charge on any atom is 0.307 e. The van der Waals surface area contributed by atoms with Crippen LogP contribution in [0.4, 0.5) is 0 Å². The predicted octanol–water partition coefficient (Wildman–Crippen LogP) is 0.387. The van der Waals surface area contributed by atoms with Crippen LogP contribution in [0.25, 0.3) is 0 Å².